The van der Waals surface area contributed by atoms with Crippen molar-refractivity contribution in [3.05, 3.63) is 35.9 Å². The SMILES string of the molecule is CC(C)N(CCO)C[C@H]1CCCN1Cc1ccccc1. The second-order valence-electron chi connectivity index (χ2n) is 6.06. The third-order valence-electron chi connectivity index (χ3n) is 4.29. The molecule has 0 amide bonds. The molecule has 0 aromatic heterocycles. The maximum absolute atomic E-state index is 9.21. The van der Waals surface area contributed by atoms with Crippen LogP contribution in [-0.4, -0.2) is 53.2 Å². The minimum atomic E-state index is 0.254. The highest BCUT2D eigenvalue weighted by atomic mass is 16.3. The first-order chi connectivity index (χ1) is 9.70. The van der Waals surface area contributed by atoms with E-state index in [0.717, 1.165) is 19.6 Å². The number of nitrogens with zero attached hydrogens (tertiary/aromatic N) is 2. The Morgan fingerprint density at radius 2 is 2.05 bits per heavy atom. The van der Waals surface area contributed by atoms with Gasteiger partial charge in [-0.15, -0.1) is 0 Å². The second kappa shape index (κ2) is 7.77. The van der Waals surface area contributed by atoms with Crippen molar-refractivity contribution in [1.82, 2.24) is 9.80 Å². The Morgan fingerprint density at radius 3 is 2.70 bits per heavy atom. The lowest BCUT2D eigenvalue weighted by molar-refractivity contribution is 0.119. The zero-order valence-electron chi connectivity index (χ0n) is 12.8. The molecule has 3 heteroatoms. The van der Waals surface area contributed by atoms with E-state index in [1.54, 1.807) is 0 Å². The van der Waals surface area contributed by atoms with Crippen LogP contribution in [0.15, 0.2) is 30.3 Å². The molecule has 1 aromatic rings. The van der Waals surface area contributed by atoms with Crippen molar-refractivity contribution >= 4 is 0 Å². The molecule has 3 nitrogen and oxygen atoms in total. The molecule has 1 aromatic carbocycles. The van der Waals surface area contributed by atoms with E-state index in [1.807, 2.05) is 0 Å². The van der Waals surface area contributed by atoms with Crippen molar-refractivity contribution in [2.45, 2.75) is 45.3 Å². The van der Waals surface area contributed by atoms with Gasteiger partial charge in [0.2, 0.25) is 0 Å². The van der Waals surface area contributed by atoms with E-state index in [0.29, 0.717) is 12.1 Å². The van der Waals surface area contributed by atoms with E-state index in [-0.39, 0.29) is 6.61 Å². The zero-order valence-corrected chi connectivity index (χ0v) is 12.8. The summed E-state index contributed by atoms with van der Waals surface area (Å²) in [6, 6.07) is 11.9. The number of aliphatic hydroxyl groups excluding tert-OH is 1. The molecule has 1 saturated heterocycles. The topological polar surface area (TPSA) is 26.7 Å². The fourth-order valence-corrected chi connectivity index (χ4v) is 3.09. The van der Waals surface area contributed by atoms with E-state index in [1.165, 1.54) is 24.9 Å². The largest absolute Gasteiger partial charge is 0.395 e. The molecule has 0 radical (unpaired) electrons. The lowest BCUT2D eigenvalue weighted by Gasteiger charge is -2.33. The summed E-state index contributed by atoms with van der Waals surface area (Å²) in [5.74, 6) is 0. The zero-order chi connectivity index (χ0) is 14.4. The van der Waals surface area contributed by atoms with Crippen LogP contribution in [0.2, 0.25) is 0 Å². The average molecular weight is 276 g/mol. The van der Waals surface area contributed by atoms with Crippen molar-refractivity contribution in [1.29, 1.82) is 0 Å². The third kappa shape index (κ3) is 4.30. The molecule has 2 rings (SSSR count). The maximum Gasteiger partial charge on any atom is 0.0558 e. The highest BCUT2D eigenvalue weighted by Gasteiger charge is 2.26. The fourth-order valence-electron chi connectivity index (χ4n) is 3.09. The number of hydrogen-bond donors (Lipinski definition) is 1. The van der Waals surface area contributed by atoms with Gasteiger partial charge in [-0.05, 0) is 38.8 Å². The normalized spacial score (nSPS) is 20.1. The van der Waals surface area contributed by atoms with Crippen LogP contribution in [0.1, 0.15) is 32.3 Å². The van der Waals surface area contributed by atoms with Crippen molar-refractivity contribution in [2.24, 2.45) is 0 Å². The number of aliphatic hydroxyl groups is 1. The van der Waals surface area contributed by atoms with Gasteiger partial charge in [0.15, 0.2) is 0 Å². The van der Waals surface area contributed by atoms with Crippen molar-refractivity contribution in [2.75, 3.05) is 26.2 Å². The lowest BCUT2D eigenvalue weighted by Crippen LogP contribution is -2.44. The van der Waals surface area contributed by atoms with Gasteiger partial charge in [-0.2, -0.15) is 0 Å². The Bertz CT molecular complexity index is 380. The summed E-state index contributed by atoms with van der Waals surface area (Å²) in [6.45, 7) is 8.79. The highest BCUT2D eigenvalue weighted by Crippen LogP contribution is 2.21. The number of benzene rings is 1. The van der Waals surface area contributed by atoms with Crippen LogP contribution in [0.5, 0.6) is 0 Å². The van der Waals surface area contributed by atoms with E-state index in [4.69, 9.17) is 0 Å². The van der Waals surface area contributed by atoms with Gasteiger partial charge < -0.3 is 5.11 Å². The van der Waals surface area contributed by atoms with Crippen molar-refractivity contribution < 1.29 is 5.11 Å². The van der Waals surface area contributed by atoms with Crippen LogP contribution < -0.4 is 0 Å². The molecule has 20 heavy (non-hydrogen) atoms. The molecule has 0 saturated carbocycles. The number of rotatable bonds is 7. The Kier molecular flexibility index (Phi) is 6.02. The molecule has 1 aliphatic rings. The monoisotopic (exact) mass is 276 g/mol. The molecular formula is C17H28N2O. The van der Waals surface area contributed by atoms with E-state index in [2.05, 4.69) is 54.0 Å². The predicted molar refractivity (Wildman–Crippen MR) is 83.7 cm³/mol. The molecule has 1 N–H and O–H groups in total. The molecule has 112 valence electrons. The molecular weight excluding hydrogens is 248 g/mol. The summed E-state index contributed by atoms with van der Waals surface area (Å²) < 4.78 is 0. The van der Waals surface area contributed by atoms with Gasteiger partial charge in [0, 0.05) is 31.7 Å². The Morgan fingerprint density at radius 1 is 1.30 bits per heavy atom. The summed E-state index contributed by atoms with van der Waals surface area (Å²) in [6.07, 6.45) is 2.57. The summed E-state index contributed by atoms with van der Waals surface area (Å²) >= 11 is 0. The highest BCUT2D eigenvalue weighted by molar-refractivity contribution is 5.14. The minimum absolute atomic E-state index is 0.254. The van der Waals surface area contributed by atoms with Gasteiger partial charge in [-0.25, -0.2) is 0 Å². The van der Waals surface area contributed by atoms with Gasteiger partial charge in [-0.3, -0.25) is 9.80 Å². The van der Waals surface area contributed by atoms with Crippen LogP contribution in [-0.2, 0) is 6.54 Å². The number of hydrogen-bond acceptors (Lipinski definition) is 3. The minimum Gasteiger partial charge on any atom is -0.395 e. The first-order valence-corrected chi connectivity index (χ1v) is 7.83. The van der Waals surface area contributed by atoms with Gasteiger partial charge >= 0.3 is 0 Å². The molecule has 0 spiro atoms. The lowest BCUT2D eigenvalue weighted by atomic mass is 10.1. The van der Waals surface area contributed by atoms with E-state index >= 15 is 0 Å². The summed E-state index contributed by atoms with van der Waals surface area (Å²) in [5.41, 5.74) is 1.40. The summed E-state index contributed by atoms with van der Waals surface area (Å²) in [7, 11) is 0. The van der Waals surface area contributed by atoms with Gasteiger partial charge in [0.05, 0.1) is 6.61 Å². The van der Waals surface area contributed by atoms with E-state index in [9.17, 15) is 5.11 Å². The Hall–Kier alpha value is -0.900. The van der Waals surface area contributed by atoms with Gasteiger partial charge in [0.25, 0.3) is 0 Å². The van der Waals surface area contributed by atoms with Crippen LogP contribution >= 0.6 is 0 Å². The smallest absolute Gasteiger partial charge is 0.0558 e. The Labute approximate surface area is 123 Å². The fraction of sp³-hybridized carbons (Fsp3) is 0.647. The third-order valence-corrected chi connectivity index (χ3v) is 4.29. The second-order valence-corrected chi connectivity index (χ2v) is 6.06. The summed E-state index contributed by atoms with van der Waals surface area (Å²) in [4.78, 5) is 5.00. The average Bonchev–Trinajstić information content (AvgIpc) is 2.86. The van der Waals surface area contributed by atoms with Crippen LogP contribution in [0.3, 0.4) is 0 Å². The quantitative estimate of drug-likeness (QED) is 0.828. The molecule has 0 aliphatic carbocycles. The van der Waals surface area contributed by atoms with E-state index < -0.39 is 0 Å². The predicted octanol–water partition coefficient (Wildman–Crippen LogP) is 2.35. The first kappa shape index (κ1) is 15.5. The maximum atomic E-state index is 9.21. The van der Waals surface area contributed by atoms with Crippen LogP contribution in [0.4, 0.5) is 0 Å². The Balaban J connectivity index is 1.93. The van der Waals surface area contributed by atoms with Gasteiger partial charge in [-0.1, -0.05) is 30.3 Å². The van der Waals surface area contributed by atoms with Crippen molar-refractivity contribution in [3.8, 4) is 0 Å². The molecule has 1 fully saturated rings. The molecule has 0 bridgehead atoms. The van der Waals surface area contributed by atoms with Crippen molar-refractivity contribution in [3.63, 3.8) is 0 Å². The van der Waals surface area contributed by atoms with Crippen LogP contribution in [0, 0.1) is 0 Å². The standard InChI is InChI=1S/C17H28N2O/c1-15(2)18(11-12-20)14-17-9-6-10-19(17)13-16-7-4-3-5-8-16/h3-5,7-8,15,17,20H,6,9-14H2,1-2H3/t17-/m1/s1. The molecule has 0 unspecified atom stereocenters. The molecule has 1 atom stereocenters. The molecule has 1 heterocycles. The summed E-state index contributed by atoms with van der Waals surface area (Å²) in [5, 5.41) is 9.21. The number of likely N-dealkylation sites (tertiary alicyclic amines) is 1. The first-order valence-electron chi connectivity index (χ1n) is 7.83. The molecule has 1 aliphatic heterocycles. The van der Waals surface area contributed by atoms with Gasteiger partial charge in [0.1, 0.15) is 0 Å². The van der Waals surface area contributed by atoms with Crippen LogP contribution in [0.25, 0.3) is 0 Å².